The highest BCUT2D eigenvalue weighted by atomic mass is 16.5. The monoisotopic (exact) mass is 479 g/mol. The van der Waals surface area contributed by atoms with E-state index in [-0.39, 0.29) is 24.9 Å². The molecular weight excluding hydrogens is 446 g/mol. The number of fused-ring (bicyclic) bond motifs is 3. The van der Waals surface area contributed by atoms with E-state index in [4.69, 9.17) is 4.74 Å². The van der Waals surface area contributed by atoms with Gasteiger partial charge in [0.1, 0.15) is 12.6 Å². The number of alkyl carbamates (subject to hydrolysis) is 1. The van der Waals surface area contributed by atoms with Crippen molar-refractivity contribution in [2.75, 3.05) is 33.8 Å². The summed E-state index contributed by atoms with van der Waals surface area (Å²) in [5, 5.41) is 12.3. The number of likely N-dealkylation sites (N-methyl/N-ethyl adjacent to an activating group) is 1. The van der Waals surface area contributed by atoms with Crippen molar-refractivity contribution < 1.29 is 24.2 Å². The number of carbonyl (C=O) groups excluding carboxylic acids is 2. The van der Waals surface area contributed by atoms with E-state index in [2.05, 4.69) is 34.5 Å². The number of piperidine rings is 1. The Balaban J connectivity index is 1.45. The van der Waals surface area contributed by atoms with Crippen molar-refractivity contribution in [2.45, 2.75) is 43.7 Å². The van der Waals surface area contributed by atoms with E-state index in [9.17, 15) is 19.5 Å². The highest BCUT2D eigenvalue weighted by Crippen LogP contribution is 2.44. The second kappa shape index (κ2) is 10.1. The van der Waals surface area contributed by atoms with Crippen LogP contribution in [0.1, 0.15) is 43.2 Å². The van der Waals surface area contributed by atoms with Crippen LogP contribution in [0.2, 0.25) is 0 Å². The van der Waals surface area contributed by atoms with Crippen LogP contribution >= 0.6 is 0 Å². The van der Waals surface area contributed by atoms with E-state index >= 15 is 0 Å². The fraction of sp³-hybridized carbons (Fsp3) is 0.444. The van der Waals surface area contributed by atoms with Gasteiger partial charge in [0.15, 0.2) is 0 Å². The first kappa shape index (κ1) is 24.7. The van der Waals surface area contributed by atoms with Crippen LogP contribution in [0.5, 0.6) is 0 Å². The lowest BCUT2D eigenvalue weighted by Crippen LogP contribution is -2.57. The van der Waals surface area contributed by atoms with E-state index in [1.165, 1.54) is 18.9 Å². The normalized spacial score (nSPS) is 17.7. The number of benzene rings is 2. The molecule has 1 atom stereocenters. The van der Waals surface area contributed by atoms with Crippen LogP contribution in [0.3, 0.4) is 0 Å². The number of hydrogen-bond acceptors (Lipinski definition) is 5. The summed E-state index contributed by atoms with van der Waals surface area (Å²) < 4.78 is 5.74. The first-order valence-electron chi connectivity index (χ1n) is 12.0. The van der Waals surface area contributed by atoms with Crippen molar-refractivity contribution in [3.63, 3.8) is 0 Å². The first-order valence-corrected chi connectivity index (χ1v) is 12.0. The lowest BCUT2D eigenvalue weighted by Gasteiger charge is -2.41. The van der Waals surface area contributed by atoms with Gasteiger partial charge in [-0.1, -0.05) is 48.5 Å². The van der Waals surface area contributed by atoms with Crippen molar-refractivity contribution in [3.8, 4) is 11.1 Å². The van der Waals surface area contributed by atoms with Gasteiger partial charge < -0.3 is 25.0 Å². The zero-order chi connectivity index (χ0) is 25.2. The molecule has 1 aliphatic carbocycles. The number of hydrogen-bond donors (Lipinski definition) is 2. The average molecular weight is 480 g/mol. The maximum absolute atomic E-state index is 13.0. The van der Waals surface area contributed by atoms with Gasteiger partial charge in [0.05, 0.1) is 12.0 Å². The molecule has 2 aromatic carbocycles. The Bertz CT molecular complexity index is 1060. The number of carbonyl (C=O) groups is 3. The van der Waals surface area contributed by atoms with E-state index in [0.717, 1.165) is 35.3 Å². The molecule has 4 rings (SSSR count). The van der Waals surface area contributed by atoms with Crippen LogP contribution in [-0.4, -0.2) is 78.2 Å². The fourth-order valence-electron chi connectivity index (χ4n) is 5.04. The molecule has 35 heavy (non-hydrogen) atoms. The number of carboxylic acid groups (broad SMARTS) is 1. The second-order valence-electron chi connectivity index (χ2n) is 9.73. The summed E-state index contributed by atoms with van der Waals surface area (Å²) in [6, 6.07) is 15.4. The molecule has 1 fully saturated rings. The summed E-state index contributed by atoms with van der Waals surface area (Å²) in [5.41, 5.74) is 3.80. The predicted molar refractivity (Wildman–Crippen MR) is 132 cm³/mol. The molecule has 2 aliphatic rings. The zero-order valence-corrected chi connectivity index (χ0v) is 20.5. The molecule has 1 saturated heterocycles. The number of amides is 2. The van der Waals surface area contributed by atoms with Crippen molar-refractivity contribution in [1.29, 1.82) is 0 Å². The summed E-state index contributed by atoms with van der Waals surface area (Å²) in [7, 11) is 3.48. The van der Waals surface area contributed by atoms with Gasteiger partial charge >= 0.3 is 12.1 Å². The Labute approximate surface area is 205 Å². The SMILES string of the molecule is CC(C(=O)O)N(C)C(=O)CC1(NC(=O)OCC2c3ccccc3-c3ccccc32)CCN(C)CC1. The zero-order valence-electron chi connectivity index (χ0n) is 20.5. The standard InChI is InChI=1S/C27H33N3O5/c1-18(25(32)33)30(3)24(31)16-27(12-14-29(2)15-13-27)28-26(34)35-17-23-21-10-6-4-8-19(21)20-9-5-7-11-22(20)23/h4-11,18,23H,12-17H2,1-3H3,(H,28,34)(H,32,33). The van der Waals surface area contributed by atoms with Gasteiger partial charge in [0.25, 0.3) is 0 Å². The number of ether oxygens (including phenoxy) is 1. The Kier molecular flexibility index (Phi) is 7.12. The van der Waals surface area contributed by atoms with Crippen molar-refractivity contribution in [3.05, 3.63) is 59.7 Å². The smallest absolute Gasteiger partial charge is 0.407 e. The predicted octanol–water partition coefficient (Wildman–Crippen LogP) is 3.31. The molecule has 1 heterocycles. The summed E-state index contributed by atoms with van der Waals surface area (Å²) >= 11 is 0. The van der Waals surface area contributed by atoms with Crippen LogP contribution in [0.15, 0.2) is 48.5 Å². The number of aliphatic carboxylic acids is 1. The Morgan fingerprint density at radius 1 is 1.09 bits per heavy atom. The van der Waals surface area contributed by atoms with E-state index in [0.29, 0.717) is 12.8 Å². The summed E-state index contributed by atoms with van der Waals surface area (Å²) in [4.78, 5) is 40.6. The molecule has 186 valence electrons. The maximum atomic E-state index is 13.0. The molecule has 1 aliphatic heterocycles. The van der Waals surface area contributed by atoms with E-state index in [1.807, 2.05) is 31.3 Å². The number of likely N-dealkylation sites (tertiary alicyclic amines) is 1. The molecule has 2 aromatic rings. The van der Waals surface area contributed by atoms with Crippen molar-refractivity contribution in [1.82, 2.24) is 15.1 Å². The molecule has 0 spiro atoms. The molecule has 0 radical (unpaired) electrons. The number of nitrogens with one attached hydrogen (secondary N) is 1. The Hall–Kier alpha value is -3.39. The highest BCUT2D eigenvalue weighted by molar-refractivity contribution is 5.84. The van der Waals surface area contributed by atoms with Crippen LogP contribution in [0.4, 0.5) is 4.79 Å². The Morgan fingerprint density at radius 2 is 1.63 bits per heavy atom. The first-order chi connectivity index (χ1) is 16.7. The van der Waals surface area contributed by atoms with Gasteiger partial charge in [0, 0.05) is 26.1 Å². The third kappa shape index (κ3) is 5.17. The number of carboxylic acids is 1. The van der Waals surface area contributed by atoms with Crippen molar-refractivity contribution in [2.24, 2.45) is 0 Å². The maximum Gasteiger partial charge on any atom is 0.407 e. The van der Waals surface area contributed by atoms with Gasteiger partial charge in [-0.25, -0.2) is 9.59 Å². The molecule has 2 N–H and O–H groups in total. The van der Waals surface area contributed by atoms with Gasteiger partial charge in [-0.3, -0.25) is 4.79 Å². The summed E-state index contributed by atoms with van der Waals surface area (Å²) in [6.45, 7) is 3.10. The van der Waals surface area contributed by atoms with E-state index < -0.39 is 23.6 Å². The van der Waals surface area contributed by atoms with E-state index in [1.54, 1.807) is 0 Å². The van der Waals surface area contributed by atoms with Crippen LogP contribution in [-0.2, 0) is 14.3 Å². The minimum atomic E-state index is -1.07. The Morgan fingerprint density at radius 3 is 2.17 bits per heavy atom. The molecule has 8 heteroatoms. The van der Waals surface area contributed by atoms with Gasteiger partial charge in [-0.05, 0) is 49.1 Å². The molecule has 8 nitrogen and oxygen atoms in total. The minimum absolute atomic E-state index is 0.0269. The van der Waals surface area contributed by atoms with Crippen LogP contribution in [0, 0.1) is 0 Å². The highest BCUT2D eigenvalue weighted by Gasteiger charge is 2.40. The minimum Gasteiger partial charge on any atom is -0.480 e. The third-order valence-corrected chi connectivity index (χ3v) is 7.48. The van der Waals surface area contributed by atoms with Crippen LogP contribution in [0.25, 0.3) is 11.1 Å². The lowest BCUT2D eigenvalue weighted by atomic mass is 9.84. The molecular formula is C27H33N3O5. The molecule has 0 aromatic heterocycles. The molecule has 1 unspecified atom stereocenters. The number of nitrogens with zero attached hydrogens (tertiary/aromatic N) is 2. The second-order valence-corrected chi connectivity index (χ2v) is 9.73. The van der Waals surface area contributed by atoms with Crippen LogP contribution < -0.4 is 5.32 Å². The molecule has 0 bridgehead atoms. The van der Waals surface area contributed by atoms with Crippen molar-refractivity contribution >= 4 is 18.0 Å². The topological polar surface area (TPSA) is 99.2 Å². The quantitative estimate of drug-likeness (QED) is 0.632. The molecule has 0 saturated carbocycles. The van der Waals surface area contributed by atoms with Gasteiger partial charge in [-0.2, -0.15) is 0 Å². The van der Waals surface area contributed by atoms with Gasteiger partial charge in [0.2, 0.25) is 5.91 Å². The number of rotatable bonds is 7. The third-order valence-electron chi connectivity index (χ3n) is 7.48. The van der Waals surface area contributed by atoms with Gasteiger partial charge in [-0.15, -0.1) is 0 Å². The molecule has 2 amide bonds. The largest absolute Gasteiger partial charge is 0.480 e. The average Bonchev–Trinajstić information content (AvgIpc) is 3.17. The summed E-state index contributed by atoms with van der Waals surface area (Å²) in [6.07, 6.45) is 0.626. The summed E-state index contributed by atoms with van der Waals surface area (Å²) in [5.74, 6) is -1.43. The fourth-order valence-corrected chi connectivity index (χ4v) is 5.04. The lowest BCUT2D eigenvalue weighted by molar-refractivity contribution is -0.149.